The summed E-state index contributed by atoms with van der Waals surface area (Å²) in [6.45, 7) is 2.52. The maximum Gasteiger partial charge on any atom is 0.266 e. The lowest BCUT2D eigenvalue weighted by Gasteiger charge is -2.09. The van der Waals surface area contributed by atoms with Crippen molar-refractivity contribution in [3.63, 3.8) is 0 Å². The molecule has 0 aliphatic heterocycles. The molecule has 5 heteroatoms. The van der Waals surface area contributed by atoms with Gasteiger partial charge in [0, 0.05) is 41.9 Å². The Balaban J connectivity index is 1.85. The molecule has 0 radical (unpaired) electrons. The topological polar surface area (TPSA) is 74.5 Å². The van der Waals surface area contributed by atoms with E-state index in [1.54, 1.807) is 6.20 Å². The summed E-state index contributed by atoms with van der Waals surface area (Å²) in [5.41, 5.74) is 4.19. The SMILES string of the molecule is Cc1cc(-c2ccc3ccn(Cc4cccnc4)c3c2)c(C#N)c(=O)[nH]1. The predicted octanol–water partition coefficient (Wildman–Crippen LogP) is 3.62. The van der Waals surface area contributed by atoms with Crippen molar-refractivity contribution in [2.24, 2.45) is 0 Å². The highest BCUT2D eigenvalue weighted by atomic mass is 16.1. The molecule has 0 aliphatic rings. The van der Waals surface area contributed by atoms with Crippen LogP contribution in [0.25, 0.3) is 22.0 Å². The number of aromatic amines is 1. The highest BCUT2D eigenvalue weighted by Gasteiger charge is 2.12. The standard InChI is InChI=1S/C21H16N4O/c1-14-9-18(19(11-22)21(26)24-14)17-5-4-16-6-8-25(20(16)10-17)13-15-3-2-7-23-12-15/h2-10,12H,13H2,1H3,(H,24,26). The number of hydrogen-bond acceptors (Lipinski definition) is 3. The Morgan fingerprint density at radius 1 is 1.23 bits per heavy atom. The van der Waals surface area contributed by atoms with Crippen molar-refractivity contribution in [1.82, 2.24) is 14.5 Å². The fraction of sp³-hybridized carbons (Fsp3) is 0.0952. The summed E-state index contributed by atoms with van der Waals surface area (Å²) in [5.74, 6) is 0. The molecule has 0 bridgehead atoms. The number of rotatable bonds is 3. The summed E-state index contributed by atoms with van der Waals surface area (Å²) >= 11 is 0. The Labute approximate surface area is 150 Å². The quantitative estimate of drug-likeness (QED) is 0.619. The van der Waals surface area contributed by atoms with E-state index in [2.05, 4.69) is 20.6 Å². The summed E-state index contributed by atoms with van der Waals surface area (Å²) in [6.07, 6.45) is 5.65. The van der Waals surface area contributed by atoms with Crippen LogP contribution in [0.15, 0.2) is 65.8 Å². The summed E-state index contributed by atoms with van der Waals surface area (Å²) in [7, 11) is 0. The number of pyridine rings is 2. The minimum absolute atomic E-state index is 0.139. The normalized spacial score (nSPS) is 10.8. The second-order valence-electron chi connectivity index (χ2n) is 6.26. The molecule has 0 fully saturated rings. The summed E-state index contributed by atoms with van der Waals surface area (Å²) < 4.78 is 2.14. The molecule has 4 aromatic rings. The number of aromatic nitrogens is 3. The molecule has 0 saturated carbocycles. The van der Waals surface area contributed by atoms with Crippen LogP contribution in [0.3, 0.4) is 0 Å². The van der Waals surface area contributed by atoms with Crippen LogP contribution < -0.4 is 5.56 Å². The van der Waals surface area contributed by atoms with Gasteiger partial charge in [0.15, 0.2) is 0 Å². The van der Waals surface area contributed by atoms with Crippen LogP contribution >= 0.6 is 0 Å². The van der Waals surface area contributed by atoms with Gasteiger partial charge in [0.1, 0.15) is 11.6 Å². The van der Waals surface area contributed by atoms with Crippen LogP contribution in [-0.4, -0.2) is 14.5 Å². The molecule has 0 saturated heterocycles. The molecule has 1 N–H and O–H groups in total. The van der Waals surface area contributed by atoms with E-state index in [9.17, 15) is 10.1 Å². The second kappa shape index (κ2) is 6.34. The van der Waals surface area contributed by atoms with Crippen molar-refractivity contribution in [3.05, 3.63) is 88.2 Å². The first-order chi connectivity index (χ1) is 12.7. The Bertz CT molecular complexity index is 1200. The second-order valence-corrected chi connectivity index (χ2v) is 6.26. The number of nitriles is 1. The van der Waals surface area contributed by atoms with Gasteiger partial charge < -0.3 is 9.55 Å². The Hall–Kier alpha value is -3.65. The minimum atomic E-state index is -0.353. The maximum atomic E-state index is 12.1. The smallest absolute Gasteiger partial charge is 0.266 e. The van der Waals surface area contributed by atoms with Gasteiger partial charge in [0.2, 0.25) is 0 Å². The van der Waals surface area contributed by atoms with E-state index in [1.807, 2.05) is 61.8 Å². The third-order valence-corrected chi connectivity index (χ3v) is 4.44. The van der Waals surface area contributed by atoms with Crippen molar-refractivity contribution >= 4 is 10.9 Å². The van der Waals surface area contributed by atoms with Gasteiger partial charge in [-0.25, -0.2) is 0 Å². The predicted molar refractivity (Wildman–Crippen MR) is 101 cm³/mol. The largest absolute Gasteiger partial charge is 0.343 e. The zero-order chi connectivity index (χ0) is 18.1. The number of aryl methyl sites for hydroxylation is 1. The molecule has 4 rings (SSSR count). The molecule has 0 aliphatic carbocycles. The fourth-order valence-electron chi connectivity index (χ4n) is 3.20. The Morgan fingerprint density at radius 2 is 2.12 bits per heavy atom. The van der Waals surface area contributed by atoms with E-state index >= 15 is 0 Å². The summed E-state index contributed by atoms with van der Waals surface area (Å²) in [5, 5.41) is 10.5. The highest BCUT2D eigenvalue weighted by molar-refractivity contribution is 5.86. The first kappa shape index (κ1) is 15.9. The van der Waals surface area contributed by atoms with Crippen molar-refractivity contribution in [2.45, 2.75) is 13.5 Å². The Morgan fingerprint density at radius 3 is 2.88 bits per heavy atom. The number of fused-ring (bicyclic) bond motifs is 1. The van der Waals surface area contributed by atoms with Gasteiger partial charge in [0.05, 0.1) is 0 Å². The van der Waals surface area contributed by atoms with Crippen molar-refractivity contribution in [2.75, 3.05) is 0 Å². The van der Waals surface area contributed by atoms with Gasteiger partial charge in [-0.15, -0.1) is 0 Å². The van der Waals surface area contributed by atoms with E-state index in [-0.39, 0.29) is 11.1 Å². The van der Waals surface area contributed by atoms with Gasteiger partial charge in [0.25, 0.3) is 5.56 Å². The maximum absolute atomic E-state index is 12.1. The molecule has 0 atom stereocenters. The zero-order valence-electron chi connectivity index (χ0n) is 14.2. The van der Waals surface area contributed by atoms with Crippen molar-refractivity contribution < 1.29 is 0 Å². The molecule has 1 aromatic carbocycles. The lowest BCUT2D eigenvalue weighted by atomic mass is 10.00. The van der Waals surface area contributed by atoms with Crippen LogP contribution in [0.4, 0.5) is 0 Å². The first-order valence-corrected chi connectivity index (χ1v) is 8.28. The average molecular weight is 340 g/mol. The van der Waals surface area contributed by atoms with Crippen molar-refractivity contribution in [3.8, 4) is 17.2 Å². The molecule has 3 heterocycles. The van der Waals surface area contributed by atoms with Gasteiger partial charge in [-0.1, -0.05) is 18.2 Å². The number of benzene rings is 1. The number of nitrogens with zero attached hydrogens (tertiary/aromatic N) is 3. The molecule has 26 heavy (non-hydrogen) atoms. The number of H-pyrrole nitrogens is 1. The summed E-state index contributed by atoms with van der Waals surface area (Å²) in [6, 6.07) is 15.9. The Kier molecular flexibility index (Phi) is 3.86. The lowest BCUT2D eigenvalue weighted by Crippen LogP contribution is -2.12. The lowest BCUT2D eigenvalue weighted by molar-refractivity contribution is 0.832. The van der Waals surface area contributed by atoms with E-state index in [1.165, 1.54) is 0 Å². The zero-order valence-corrected chi connectivity index (χ0v) is 14.2. The van der Waals surface area contributed by atoms with Crippen LogP contribution in [0.2, 0.25) is 0 Å². The minimum Gasteiger partial charge on any atom is -0.343 e. The molecule has 5 nitrogen and oxygen atoms in total. The highest BCUT2D eigenvalue weighted by Crippen LogP contribution is 2.27. The van der Waals surface area contributed by atoms with E-state index in [0.717, 1.165) is 27.7 Å². The van der Waals surface area contributed by atoms with Gasteiger partial charge >= 0.3 is 0 Å². The van der Waals surface area contributed by atoms with Gasteiger partial charge in [-0.05, 0) is 47.7 Å². The molecule has 0 amide bonds. The fourth-order valence-corrected chi connectivity index (χ4v) is 3.20. The molecular formula is C21H16N4O. The molecular weight excluding hydrogens is 324 g/mol. The van der Waals surface area contributed by atoms with E-state index in [0.29, 0.717) is 12.1 Å². The number of nitrogens with one attached hydrogen (secondary N) is 1. The molecule has 0 spiro atoms. The number of hydrogen-bond donors (Lipinski definition) is 1. The van der Waals surface area contributed by atoms with Gasteiger partial charge in [-0.3, -0.25) is 9.78 Å². The van der Waals surface area contributed by atoms with Crippen LogP contribution in [0, 0.1) is 18.3 Å². The molecule has 3 aromatic heterocycles. The first-order valence-electron chi connectivity index (χ1n) is 8.28. The van der Waals surface area contributed by atoms with Gasteiger partial charge in [-0.2, -0.15) is 5.26 Å². The van der Waals surface area contributed by atoms with Crippen LogP contribution in [0.5, 0.6) is 0 Å². The molecule has 126 valence electrons. The van der Waals surface area contributed by atoms with Crippen molar-refractivity contribution in [1.29, 1.82) is 5.26 Å². The van der Waals surface area contributed by atoms with Crippen LogP contribution in [-0.2, 0) is 6.54 Å². The third kappa shape index (κ3) is 2.78. The molecule has 0 unspecified atom stereocenters. The third-order valence-electron chi connectivity index (χ3n) is 4.44. The van der Waals surface area contributed by atoms with E-state index < -0.39 is 0 Å². The average Bonchev–Trinajstić information content (AvgIpc) is 3.04. The van der Waals surface area contributed by atoms with Crippen LogP contribution in [0.1, 0.15) is 16.8 Å². The monoisotopic (exact) mass is 340 g/mol. The van der Waals surface area contributed by atoms with E-state index in [4.69, 9.17) is 0 Å². The summed E-state index contributed by atoms with van der Waals surface area (Å²) in [4.78, 5) is 18.9.